The monoisotopic (exact) mass is 219 g/mol. The van der Waals surface area contributed by atoms with E-state index in [-0.39, 0.29) is 10.8 Å². The second-order valence-electron chi connectivity index (χ2n) is 6.50. The van der Waals surface area contributed by atoms with Gasteiger partial charge in [0.2, 0.25) is 0 Å². The highest BCUT2D eigenvalue weighted by atomic mass is 16.3. The van der Waals surface area contributed by atoms with Gasteiger partial charge in [0.25, 0.3) is 0 Å². The highest BCUT2D eigenvalue weighted by molar-refractivity contribution is 5.52. The van der Waals surface area contributed by atoms with Crippen LogP contribution in [0.2, 0.25) is 0 Å². The molecule has 1 N–H and O–H groups in total. The molecule has 0 aliphatic heterocycles. The number of hydrogen-bond acceptors (Lipinski definition) is 1. The van der Waals surface area contributed by atoms with E-state index in [9.17, 15) is 5.11 Å². The first-order chi connectivity index (χ1) is 7.05. The molecule has 0 saturated carbocycles. The average Bonchev–Trinajstić information content (AvgIpc) is 2.05. The first kappa shape index (κ1) is 13.1. The third kappa shape index (κ3) is 2.40. The lowest BCUT2D eigenvalue weighted by molar-refractivity contribution is 0.433. The summed E-state index contributed by atoms with van der Waals surface area (Å²) in [5, 5.41) is 10.2. The molecule has 0 atom stereocenters. The SMILES string of the molecule is [CH2]c1ccc(C(C)(C)C)c(C(C)(C)C)c1O. The van der Waals surface area contributed by atoms with Gasteiger partial charge in [-0.3, -0.25) is 0 Å². The van der Waals surface area contributed by atoms with Gasteiger partial charge in [-0.15, -0.1) is 0 Å². The maximum atomic E-state index is 10.2. The van der Waals surface area contributed by atoms with Crippen molar-refractivity contribution in [3.8, 4) is 5.75 Å². The van der Waals surface area contributed by atoms with Crippen molar-refractivity contribution in [2.75, 3.05) is 0 Å². The number of phenols is 1. The minimum atomic E-state index is -0.0691. The summed E-state index contributed by atoms with van der Waals surface area (Å²) in [4.78, 5) is 0. The zero-order valence-corrected chi connectivity index (χ0v) is 11.3. The van der Waals surface area contributed by atoms with E-state index in [2.05, 4.69) is 54.5 Å². The summed E-state index contributed by atoms with van der Waals surface area (Å²) in [6.07, 6.45) is 0. The van der Waals surface area contributed by atoms with Crippen LogP contribution < -0.4 is 0 Å². The number of hydrogen-bond donors (Lipinski definition) is 1. The first-order valence-electron chi connectivity index (χ1n) is 5.74. The van der Waals surface area contributed by atoms with Gasteiger partial charge in [-0.1, -0.05) is 53.7 Å². The fourth-order valence-corrected chi connectivity index (χ4v) is 2.02. The number of benzene rings is 1. The molecule has 1 heteroatoms. The molecule has 1 aromatic rings. The van der Waals surface area contributed by atoms with Crippen LogP contribution in [0, 0.1) is 6.92 Å². The lowest BCUT2D eigenvalue weighted by atomic mass is 9.74. The molecule has 0 aliphatic carbocycles. The molecule has 0 bridgehead atoms. The van der Waals surface area contributed by atoms with E-state index < -0.39 is 0 Å². The van der Waals surface area contributed by atoms with E-state index in [0.717, 1.165) is 5.56 Å². The predicted octanol–water partition coefficient (Wildman–Crippen LogP) is 4.17. The first-order valence-corrected chi connectivity index (χ1v) is 5.74. The van der Waals surface area contributed by atoms with Crippen molar-refractivity contribution in [1.82, 2.24) is 0 Å². The largest absolute Gasteiger partial charge is 0.507 e. The maximum Gasteiger partial charge on any atom is 0.122 e. The molecular formula is C15H23O. The molecule has 0 amide bonds. The summed E-state index contributed by atoms with van der Waals surface area (Å²) in [5.74, 6) is 0.347. The molecule has 0 fully saturated rings. The van der Waals surface area contributed by atoms with Gasteiger partial charge in [-0.25, -0.2) is 0 Å². The second kappa shape index (κ2) is 3.80. The van der Waals surface area contributed by atoms with Gasteiger partial charge in [0.05, 0.1) is 0 Å². The molecule has 16 heavy (non-hydrogen) atoms. The Hall–Kier alpha value is -0.980. The summed E-state index contributed by atoms with van der Waals surface area (Å²) in [6.45, 7) is 16.7. The van der Waals surface area contributed by atoms with E-state index in [1.807, 2.05) is 6.07 Å². The van der Waals surface area contributed by atoms with Gasteiger partial charge in [0.1, 0.15) is 5.75 Å². The number of rotatable bonds is 0. The summed E-state index contributed by atoms with van der Waals surface area (Å²) in [5.41, 5.74) is 2.89. The second-order valence-corrected chi connectivity index (χ2v) is 6.50. The maximum absolute atomic E-state index is 10.2. The molecule has 0 saturated heterocycles. The van der Waals surface area contributed by atoms with Crippen molar-refractivity contribution in [2.24, 2.45) is 0 Å². The lowest BCUT2D eigenvalue weighted by Gasteiger charge is -2.31. The van der Waals surface area contributed by atoms with E-state index in [1.165, 1.54) is 5.56 Å². The smallest absolute Gasteiger partial charge is 0.122 e. The van der Waals surface area contributed by atoms with Crippen LogP contribution in [-0.2, 0) is 10.8 Å². The van der Waals surface area contributed by atoms with Gasteiger partial charge in [0, 0.05) is 5.56 Å². The van der Waals surface area contributed by atoms with Crippen molar-refractivity contribution in [2.45, 2.75) is 52.4 Å². The standard InChI is InChI=1S/C15H23O/c1-10-8-9-11(14(2,3)4)12(13(10)16)15(5,6)7/h8-9,16H,1H2,2-7H3. The van der Waals surface area contributed by atoms with E-state index >= 15 is 0 Å². The Balaban J connectivity index is 3.59. The summed E-state index contributed by atoms with van der Waals surface area (Å²) in [6, 6.07) is 3.98. The van der Waals surface area contributed by atoms with E-state index in [4.69, 9.17) is 0 Å². The normalized spacial score (nSPS) is 12.9. The summed E-state index contributed by atoms with van der Waals surface area (Å²) < 4.78 is 0. The predicted molar refractivity (Wildman–Crippen MR) is 70.0 cm³/mol. The molecule has 1 radical (unpaired) electrons. The Morgan fingerprint density at radius 3 is 1.81 bits per heavy atom. The van der Waals surface area contributed by atoms with Crippen LogP contribution in [0.1, 0.15) is 58.2 Å². The molecule has 0 spiro atoms. The Morgan fingerprint density at radius 2 is 1.44 bits per heavy atom. The van der Waals surface area contributed by atoms with E-state index in [0.29, 0.717) is 11.3 Å². The summed E-state index contributed by atoms with van der Waals surface area (Å²) >= 11 is 0. The van der Waals surface area contributed by atoms with Crippen molar-refractivity contribution in [1.29, 1.82) is 0 Å². The fraction of sp³-hybridized carbons (Fsp3) is 0.533. The van der Waals surface area contributed by atoms with Gasteiger partial charge in [-0.05, 0) is 28.9 Å². The lowest BCUT2D eigenvalue weighted by Crippen LogP contribution is -2.22. The topological polar surface area (TPSA) is 20.2 Å². The molecule has 0 aliphatic rings. The highest BCUT2D eigenvalue weighted by Crippen LogP contribution is 2.40. The van der Waals surface area contributed by atoms with Gasteiger partial charge >= 0.3 is 0 Å². The zero-order chi connectivity index (χ0) is 12.7. The molecule has 0 heterocycles. The molecule has 0 unspecified atom stereocenters. The number of aromatic hydroxyl groups is 1. The van der Waals surface area contributed by atoms with Crippen LogP contribution in [-0.4, -0.2) is 5.11 Å². The van der Waals surface area contributed by atoms with Gasteiger partial charge in [-0.2, -0.15) is 0 Å². The van der Waals surface area contributed by atoms with Gasteiger partial charge < -0.3 is 5.11 Å². The van der Waals surface area contributed by atoms with Crippen LogP contribution in [0.3, 0.4) is 0 Å². The molecule has 89 valence electrons. The fourth-order valence-electron chi connectivity index (χ4n) is 2.02. The van der Waals surface area contributed by atoms with Crippen LogP contribution in [0.5, 0.6) is 5.75 Å². The van der Waals surface area contributed by atoms with Crippen molar-refractivity contribution in [3.05, 3.63) is 35.7 Å². The Bertz CT molecular complexity index is 389. The minimum absolute atomic E-state index is 0.0355. The zero-order valence-electron chi connectivity index (χ0n) is 11.3. The van der Waals surface area contributed by atoms with Crippen LogP contribution in [0.4, 0.5) is 0 Å². The average molecular weight is 219 g/mol. The van der Waals surface area contributed by atoms with Crippen LogP contribution in [0.25, 0.3) is 0 Å². The quantitative estimate of drug-likeness (QED) is 0.694. The minimum Gasteiger partial charge on any atom is -0.507 e. The van der Waals surface area contributed by atoms with Crippen LogP contribution >= 0.6 is 0 Å². The third-order valence-corrected chi connectivity index (χ3v) is 2.82. The Kier molecular flexibility index (Phi) is 3.11. The Labute approximate surface area is 99.5 Å². The molecule has 1 nitrogen and oxygen atoms in total. The third-order valence-electron chi connectivity index (χ3n) is 2.82. The summed E-state index contributed by atoms with van der Waals surface area (Å²) in [7, 11) is 0. The van der Waals surface area contributed by atoms with Crippen molar-refractivity contribution in [3.63, 3.8) is 0 Å². The van der Waals surface area contributed by atoms with Crippen molar-refractivity contribution >= 4 is 0 Å². The highest BCUT2D eigenvalue weighted by Gasteiger charge is 2.28. The molecule has 0 aromatic heterocycles. The van der Waals surface area contributed by atoms with Crippen LogP contribution in [0.15, 0.2) is 12.1 Å². The number of phenolic OH excluding ortho intramolecular Hbond substituents is 1. The molecular weight excluding hydrogens is 196 g/mol. The van der Waals surface area contributed by atoms with Gasteiger partial charge in [0.15, 0.2) is 0 Å². The molecule has 1 aromatic carbocycles. The van der Waals surface area contributed by atoms with Crippen molar-refractivity contribution < 1.29 is 5.11 Å². The molecule has 1 rings (SSSR count). The Morgan fingerprint density at radius 1 is 0.938 bits per heavy atom. The van der Waals surface area contributed by atoms with E-state index in [1.54, 1.807) is 0 Å².